The normalized spacial score (nSPS) is 17.0. The molecule has 2 aromatic carbocycles. The van der Waals surface area contributed by atoms with Gasteiger partial charge in [0.2, 0.25) is 10.0 Å². The number of sulfonamides is 1. The van der Waals surface area contributed by atoms with Crippen LogP contribution < -0.4 is 10.0 Å². The third-order valence-electron chi connectivity index (χ3n) is 4.95. The molecule has 7 nitrogen and oxygen atoms in total. The lowest BCUT2D eigenvalue weighted by atomic mass is 9.99. The lowest BCUT2D eigenvalue weighted by molar-refractivity contribution is 0.218. The van der Waals surface area contributed by atoms with E-state index in [0.29, 0.717) is 18.2 Å². The number of nitrogens with one attached hydrogen (secondary N) is 2. The van der Waals surface area contributed by atoms with Crippen LogP contribution in [0.25, 0.3) is 0 Å². The Morgan fingerprint density at radius 2 is 1.81 bits per heavy atom. The average Bonchev–Trinajstić information content (AvgIpc) is 2.96. The summed E-state index contributed by atoms with van der Waals surface area (Å²) in [5.41, 5.74) is 3.69. The highest BCUT2D eigenvalue weighted by atomic mass is 32.2. The number of fused-ring (bicyclic) bond motifs is 2. The van der Waals surface area contributed by atoms with Gasteiger partial charge in [0.1, 0.15) is 4.90 Å². The molecule has 1 unspecified atom stereocenters. The number of rotatable bonds is 2. The molecule has 4 rings (SSSR count). The van der Waals surface area contributed by atoms with Crippen LogP contribution in [0.2, 0.25) is 0 Å². The number of carbonyl (C=O) groups excluding carboxylic acids is 1. The van der Waals surface area contributed by atoms with Crippen LogP contribution in [-0.4, -0.2) is 39.7 Å². The van der Waals surface area contributed by atoms with Gasteiger partial charge < -0.3 is 10.2 Å². The molecule has 8 heteroatoms. The Morgan fingerprint density at radius 3 is 2.52 bits per heavy atom. The SMILES string of the molecule is CC.CN1Cc2ccccc2NC1=O.CNS(=O)(=O)c1cccc2c1N=CCC(C)C2.[HH].[HH]. The van der Waals surface area contributed by atoms with Crippen molar-refractivity contribution in [2.75, 3.05) is 19.4 Å². The van der Waals surface area contributed by atoms with Gasteiger partial charge in [-0.25, -0.2) is 17.9 Å². The molecule has 2 N–H and O–H groups in total. The van der Waals surface area contributed by atoms with Gasteiger partial charge in [0.15, 0.2) is 0 Å². The molecule has 0 fully saturated rings. The topological polar surface area (TPSA) is 90.9 Å². The highest BCUT2D eigenvalue weighted by molar-refractivity contribution is 7.89. The molecule has 0 radical (unpaired) electrons. The van der Waals surface area contributed by atoms with E-state index in [1.165, 1.54) is 12.6 Å². The minimum Gasteiger partial charge on any atom is -0.323 e. The van der Waals surface area contributed by atoms with E-state index >= 15 is 0 Å². The molecule has 0 saturated heterocycles. The second-order valence-electron chi connectivity index (χ2n) is 7.27. The Balaban J connectivity index is 0.000000568. The van der Waals surface area contributed by atoms with Gasteiger partial charge >= 0.3 is 6.03 Å². The zero-order valence-electron chi connectivity index (χ0n) is 18.8. The van der Waals surface area contributed by atoms with Gasteiger partial charge in [0.25, 0.3) is 0 Å². The lowest BCUT2D eigenvalue weighted by Crippen LogP contribution is -2.35. The van der Waals surface area contributed by atoms with Crippen molar-refractivity contribution in [2.45, 2.75) is 45.1 Å². The van der Waals surface area contributed by atoms with E-state index in [9.17, 15) is 13.2 Å². The summed E-state index contributed by atoms with van der Waals surface area (Å²) >= 11 is 0. The van der Waals surface area contributed by atoms with Crippen molar-refractivity contribution < 1.29 is 16.1 Å². The Labute approximate surface area is 188 Å². The van der Waals surface area contributed by atoms with E-state index in [-0.39, 0.29) is 13.8 Å². The maximum atomic E-state index is 11.9. The number of aliphatic imine (C=N–C) groups is 1. The molecule has 0 spiro atoms. The molecule has 2 aliphatic heterocycles. The molecule has 31 heavy (non-hydrogen) atoms. The molecular weight excluding hydrogens is 412 g/mol. The molecule has 0 saturated carbocycles. The summed E-state index contributed by atoms with van der Waals surface area (Å²) in [7, 11) is -0.240. The first-order valence-electron chi connectivity index (χ1n) is 10.5. The van der Waals surface area contributed by atoms with Gasteiger partial charge in [-0.2, -0.15) is 0 Å². The summed E-state index contributed by atoms with van der Waals surface area (Å²) in [6, 6.07) is 13.1. The van der Waals surface area contributed by atoms with E-state index < -0.39 is 10.0 Å². The first-order chi connectivity index (χ1) is 14.8. The molecule has 0 aliphatic carbocycles. The van der Waals surface area contributed by atoms with E-state index in [2.05, 4.69) is 22.0 Å². The van der Waals surface area contributed by atoms with Crippen LogP contribution in [0.1, 0.15) is 41.2 Å². The van der Waals surface area contributed by atoms with Gasteiger partial charge in [-0.3, -0.25) is 4.99 Å². The zero-order valence-corrected chi connectivity index (χ0v) is 19.7. The number of urea groups is 1. The fourth-order valence-electron chi connectivity index (χ4n) is 3.31. The van der Waals surface area contributed by atoms with Crippen LogP contribution in [-0.2, 0) is 23.0 Å². The quantitative estimate of drug-likeness (QED) is 0.673. The number of benzene rings is 2. The Kier molecular flexibility index (Phi) is 8.76. The minimum atomic E-state index is -3.44. The Morgan fingerprint density at radius 1 is 1.13 bits per heavy atom. The highest BCUT2D eigenvalue weighted by Gasteiger charge is 2.21. The number of amides is 2. The van der Waals surface area contributed by atoms with E-state index in [1.807, 2.05) is 50.4 Å². The van der Waals surface area contributed by atoms with E-state index in [1.54, 1.807) is 24.1 Å². The molecule has 2 heterocycles. The molecule has 1 atom stereocenters. The van der Waals surface area contributed by atoms with Crippen molar-refractivity contribution >= 4 is 33.6 Å². The number of anilines is 1. The summed E-state index contributed by atoms with van der Waals surface area (Å²) in [5, 5.41) is 2.80. The molecule has 2 amide bonds. The standard InChI is InChI=1S/C12H16N2O2S.C9H10N2O.C2H6.2H2/c1-9-6-7-14-12-10(8-9)4-3-5-11(12)17(15,16)13-2;1-11-6-7-4-2-3-5-8(7)10-9(11)12;1-2;;/h3-5,7,9,13H,6,8H2,1-2H3;2-5H,6H2,1H3,(H,10,12);1-2H3;2*1H. The molecule has 172 valence electrons. The summed E-state index contributed by atoms with van der Waals surface area (Å²) in [4.78, 5) is 17.4. The number of hydrogen-bond acceptors (Lipinski definition) is 4. The van der Waals surface area contributed by atoms with Gasteiger partial charge in [0.05, 0.1) is 5.69 Å². The number of hydrogen-bond donors (Lipinski definition) is 2. The summed E-state index contributed by atoms with van der Waals surface area (Å²) in [6.07, 6.45) is 3.56. The molecule has 0 bridgehead atoms. The second-order valence-corrected chi connectivity index (χ2v) is 9.13. The first kappa shape index (κ1) is 24.6. The van der Waals surface area contributed by atoms with Gasteiger partial charge in [-0.05, 0) is 49.1 Å². The fourth-order valence-corrected chi connectivity index (χ4v) is 4.22. The first-order valence-corrected chi connectivity index (χ1v) is 12.0. The third-order valence-corrected chi connectivity index (χ3v) is 6.40. The number of carbonyl (C=O) groups is 1. The monoisotopic (exact) mass is 448 g/mol. The lowest BCUT2D eigenvalue weighted by Gasteiger charge is -2.25. The van der Waals surface area contributed by atoms with E-state index in [4.69, 9.17) is 0 Å². The Hall–Kier alpha value is -2.71. The zero-order chi connectivity index (χ0) is 23.0. The number of para-hydroxylation sites is 2. The Bertz CT molecular complexity index is 1050. The molecule has 2 aliphatic rings. The van der Waals surface area contributed by atoms with Crippen LogP contribution >= 0.6 is 0 Å². The van der Waals surface area contributed by atoms with Crippen molar-refractivity contribution in [2.24, 2.45) is 10.9 Å². The smallest absolute Gasteiger partial charge is 0.321 e. The highest BCUT2D eigenvalue weighted by Crippen LogP contribution is 2.32. The maximum Gasteiger partial charge on any atom is 0.321 e. The van der Waals surface area contributed by atoms with Crippen LogP contribution in [0.5, 0.6) is 0 Å². The number of nitrogens with zero attached hydrogens (tertiary/aromatic N) is 2. The average molecular weight is 449 g/mol. The van der Waals surface area contributed by atoms with Crippen molar-refractivity contribution in [1.29, 1.82) is 0 Å². The van der Waals surface area contributed by atoms with Crippen molar-refractivity contribution in [3.63, 3.8) is 0 Å². The fraction of sp³-hybridized carbons (Fsp3) is 0.391. The molecular formula is C23H36N4O3S. The van der Waals surface area contributed by atoms with Crippen LogP contribution in [0.15, 0.2) is 52.4 Å². The van der Waals surface area contributed by atoms with Crippen molar-refractivity contribution in [3.05, 3.63) is 53.6 Å². The minimum absolute atomic E-state index is 0. The van der Waals surface area contributed by atoms with Crippen LogP contribution in [0.3, 0.4) is 0 Å². The predicted octanol–water partition coefficient (Wildman–Crippen LogP) is 5.06. The molecule has 0 aromatic heterocycles. The largest absolute Gasteiger partial charge is 0.323 e. The van der Waals surface area contributed by atoms with Crippen molar-refractivity contribution in [3.8, 4) is 0 Å². The van der Waals surface area contributed by atoms with Crippen LogP contribution in [0, 0.1) is 5.92 Å². The molecule has 2 aromatic rings. The van der Waals surface area contributed by atoms with E-state index in [0.717, 1.165) is 24.1 Å². The maximum absolute atomic E-state index is 11.9. The predicted molar refractivity (Wildman–Crippen MR) is 131 cm³/mol. The second kappa shape index (κ2) is 11.1. The van der Waals surface area contributed by atoms with Gasteiger partial charge in [-0.15, -0.1) is 0 Å². The summed E-state index contributed by atoms with van der Waals surface area (Å²) < 4.78 is 26.1. The summed E-state index contributed by atoms with van der Waals surface area (Å²) in [6.45, 7) is 6.84. The van der Waals surface area contributed by atoms with Gasteiger partial charge in [-0.1, -0.05) is 51.1 Å². The van der Waals surface area contributed by atoms with Crippen molar-refractivity contribution in [1.82, 2.24) is 9.62 Å². The summed E-state index contributed by atoms with van der Waals surface area (Å²) in [5.74, 6) is 0.493. The van der Waals surface area contributed by atoms with Crippen LogP contribution in [0.4, 0.5) is 16.2 Å². The van der Waals surface area contributed by atoms with Gasteiger partial charge in [0, 0.05) is 28.3 Å². The third kappa shape index (κ3) is 6.15.